The van der Waals surface area contributed by atoms with E-state index in [2.05, 4.69) is 32.8 Å². The van der Waals surface area contributed by atoms with Gasteiger partial charge in [0.15, 0.2) is 0 Å². The lowest BCUT2D eigenvalue weighted by Gasteiger charge is -2.32. The number of hydrogen-bond donors (Lipinski definition) is 0. The highest BCUT2D eigenvalue weighted by atomic mass is 79.9. The van der Waals surface area contributed by atoms with Crippen LogP contribution in [0.5, 0.6) is 0 Å². The van der Waals surface area contributed by atoms with Gasteiger partial charge in [0.2, 0.25) is 0 Å². The van der Waals surface area contributed by atoms with Crippen molar-refractivity contribution in [2.75, 3.05) is 33.2 Å². The van der Waals surface area contributed by atoms with Crippen molar-refractivity contribution in [3.8, 4) is 0 Å². The summed E-state index contributed by atoms with van der Waals surface area (Å²) in [6.45, 7) is 5.32. The first-order valence-corrected chi connectivity index (χ1v) is 7.12. The van der Waals surface area contributed by atoms with Crippen molar-refractivity contribution < 1.29 is 4.79 Å². The van der Waals surface area contributed by atoms with Gasteiger partial charge in [-0.05, 0) is 52.3 Å². The molecule has 0 bridgehead atoms. The minimum absolute atomic E-state index is 0. The summed E-state index contributed by atoms with van der Waals surface area (Å²) in [4.78, 5) is 15.9. The lowest BCUT2D eigenvalue weighted by atomic mass is 10.1. The molecule has 1 aromatic rings. The van der Waals surface area contributed by atoms with Crippen LogP contribution in [0.2, 0.25) is 0 Å². The van der Waals surface area contributed by atoms with Crippen LogP contribution in [0.4, 0.5) is 0 Å². The molecule has 7 heteroatoms. The molecule has 0 aromatic heterocycles. The molecule has 0 aliphatic carbocycles. The summed E-state index contributed by atoms with van der Waals surface area (Å²) in [6, 6.07) is 5.73. The summed E-state index contributed by atoms with van der Waals surface area (Å²) in [5.41, 5.74) is 1.73. The van der Waals surface area contributed by atoms with Gasteiger partial charge in [-0.25, -0.2) is 0 Å². The van der Waals surface area contributed by atoms with Crippen molar-refractivity contribution in [1.82, 2.24) is 9.80 Å². The fourth-order valence-electron chi connectivity index (χ4n) is 2.08. The van der Waals surface area contributed by atoms with E-state index in [0.717, 1.165) is 37.2 Å². The lowest BCUT2D eigenvalue weighted by molar-refractivity contribution is 0.108. The van der Waals surface area contributed by atoms with Crippen LogP contribution in [0.25, 0.3) is 0 Å². The van der Waals surface area contributed by atoms with E-state index >= 15 is 0 Å². The molecule has 1 saturated heterocycles. The van der Waals surface area contributed by atoms with E-state index in [4.69, 9.17) is 11.6 Å². The van der Waals surface area contributed by atoms with E-state index in [-0.39, 0.29) is 24.8 Å². The van der Waals surface area contributed by atoms with Crippen LogP contribution < -0.4 is 0 Å². The molecule has 114 valence electrons. The van der Waals surface area contributed by atoms with Crippen LogP contribution in [-0.2, 0) is 6.54 Å². The zero-order valence-electron chi connectivity index (χ0n) is 11.1. The highest BCUT2D eigenvalue weighted by Gasteiger charge is 2.15. The monoisotopic (exact) mass is 402 g/mol. The van der Waals surface area contributed by atoms with E-state index in [9.17, 15) is 4.79 Å². The largest absolute Gasteiger partial charge is 0.304 e. The smallest absolute Gasteiger partial charge is 0.253 e. The fraction of sp³-hybridized carbons (Fsp3) is 0.462. The molecule has 1 fully saturated rings. The van der Waals surface area contributed by atoms with Crippen LogP contribution >= 0.6 is 52.3 Å². The van der Waals surface area contributed by atoms with Crippen LogP contribution in [0.3, 0.4) is 0 Å². The zero-order chi connectivity index (χ0) is 13.1. The van der Waals surface area contributed by atoms with Crippen molar-refractivity contribution in [1.29, 1.82) is 0 Å². The van der Waals surface area contributed by atoms with Crippen LogP contribution in [-0.4, -0.2) is 48.3 Å². The molecule has 3 nitrogen and oxygen atoms in total. The third kappa shape index (κ3) is 5.51. The average molecular weight is 405 g/mol. The number of halogens is 4. The van der Waals surface area contributed by atoms with Crippen LogP contribution in [0, 0.1) is 0 Å². The molecular weight excluding hydrogens is 386 g/mol. The summed E-state index contributed by atoms with van der Waals surface area (Å²) in [5.74, 6) is 0. The SMILES string of the molecule is CN1CCN(Cc2ccc(C(=O)Cl)c(Br)c2)CC1.Cl.Cl. The van der Waals surface area contributed by atoms with Gasteiger partial charge in [-0.3, -0.25) is 9.69 Å². The number of hydrogen-bond acceptors (Lipinski definition) is 3. The maximum atomic E-state index is 11.1. The number of carbonyl (C=O) groups is 1. The summed E-state index contributed by atoms with van der Waals surface area (Å²) in [6.07, 6.45) is 0. The molecule has 1 aliphatic rings. The minimum atomic E-state index is -0.423. The molecule has 0 radical (unpaired) electrons. The Kier molecular flexibility index (Phi) is 9.31. The highest BCUT2D eigenvalue weighted by molar-refractivity contribution is 9.10. The second kappa shape index (κ2) is 9.23. The molecule has 0 N–H and O–H groups in total. The standard InChI is InChI=1S/C13H16BrClN2O.2ClH/c1-16-4-6-17(7-5-16)9-10-2-3-11(13(15)18)12(14)8-10;;/h2-3,8H,4-7,9H2,1H3;2*1H. The maximum Gasteiger partial charge on any atom is 0.253 e. The normalized spacial score (nSPS) is 16.1. The van der Waals surface area contributed by atoms with Crippen molar-refractivity contribution >= 4 is 57.6 Å². The van der Waals surface area contributed by atoms with Crippen molar-refractivity contribution in [3.05, 3.63) is 33.8 Å². The number of likely N-dealkylation sites (N-methyl/N-ethyl adjacent to an activating group) is 1. The van der Waals surface area contributed by atoms with E-state index in [1.165, 1.54) is 5.56 Å². The first-order valence-electron chi connectivity index (χ1n) is 5.95. The molecule has 1 heterocycles. The number of rotatable bonds is 3. The summed E-state index contributed by atoms with van der Waals surface area (Å²) in [5, 5.41) is -0.423. The summed E-state index contributed by atoms with van der Waals surface area (Å²) in [7, 11) is 2.15. The third-order valence-electron chi connectivity index (χ3n) is 3.25. The van der Waals surface area contributed by atoms with Crippen LogP contribution in [0.1, 0.15) is 15.9 Å². The van der Waals surface area contributed by atoms with E-state index in [0.29, 0.717) is 5.56 Å². The van der Waals surface area contributed by atoms with Gasteiger partial charge in [-0.15, -0.1) is 24.8 Å². The second-order valence-electron chi connectivity index (χ2n) is 4.67. The molecule has 0 atom stereocenters. The Morgan fingerprint density at radius 2 is 1.85 bits per heavy atom. The van der Waals surface area contributed by atoms with Gasteiger partial charge in [0.25, 0.3) is 5.24 Å². The predicted octanol–water partition coefficient (Wildman–Crippen LogP) is 3.42. The Balaban J connectivity index is 0.00000180. The summed E-state index contributed by atoms with van der Waals surface area (Å²) >= 11 is 8.87. The third-order valence-corrected chi connectivity index (χ3v) is 4.11. The first-order chi connectivity index (χ1) is 8.56. The lowest BCUT2D eigenvalue weighted by Crippen LogP contribution is -2.43. The maximum absolute atomic E-state index is 11.1. The van der Waals surface area contributed by atoms with E-state index in [1.54, 1.807) is 6.07 Å². The van der Waals surface area contributed by atoms with Crippen molar-refractivity contribution in [2.45, 2.75) is 6.54 Å². The molecule has 0 amide bonds. The Bertz CT molecular complexity index is 451. The zero-order valence-corrected chi connectivity index (χ0v) is 15.1. The van der Waals surface area contributed by atoms with Gasteiger partial charge >= 0.3 is 0 Å². The quantitative estimate of drug-likeness (QED) is 0.722. The Morgan fingerprint density at radius 1 is 1.25 bits per heavy atom. The molecule has 2 rings (SSSR count). The van der Waals surface area contributed by atoms with Crippen LogP contribution in [0.15, 0.2) is 22.7 Å². The molecule has 20 heavy (non-hydrogen) atoms. The van der Waals surface area contributed by atoms with Crippen molar-refractivity contribution in [3.63, 3.8) is 0 Å². The van der Waals surface area contributed by atoms with E-state index in [1.807, 2.05) is 12.1 Å². The molecule has 0 unspecified atom stereocenters. The highest BCUT2D eigenvalue weighted by Crippen LogP contribution is 2.21. The fourth-order valence-corrected chi connectivity index (χ4v) is 2.97. The topological polar surface area (TPSA) is 23.6 Å². The molecule has 0 saturated carbocycles. The minimum Gasteiger partial charge on any atom is -0.304 e. The molecule has 1 aromatic carbocycles. The number of piperazine rings is 1. The van der Waals surface area contributed by atoms with Gasteiger partial charge in [0.05, 0.1) is 0 Å². The van der Waals surface area contributed by atoms with Gasteiger partial charge < -0.3 is 4.90 Å². The molecule has 0 spiro atoms. The van der Waals surface area contributed by atoms with Gasteiger partial charge in [-0.2, -0.15) is 0 Å². The van der Waals surface area contributed by atoms with Gasteiger partial charge in [0.1, 0.15) is 0 Å². The molecule has 1 aliphatic heterocycles. The van der Waals surface area contributed by atoms with Crippen molar-refractivity contribution in [2.24, 2.45) is 0 Å². The van der Waals surface area contributed by atoms with Gasteiger partial charge in [-0.1, -0.05) is 6.07 Å². The molecular formula is C13H18BrCl3N2O. The average Bonchev–Trinajstić information content (AvgIpc) is 2.32. The van der Waals surface area contributed by atoms with E-state index < -0.39 is 5.24 Å². The van der Waals surface area contributed by atoms with Gasteiger partial charge in [0, 0.05) is 42.8 Å². The number of carbonyl (C=O) groups excluding carboxylic acids is 1. The Labute approximate surface area is 145 Å². The number of nitrogens with zero attached hydrogens (tertiary/aromatic N) is 2. The Hall–Kier alpha value is 0.160. The Morgan fingerprint density at radius 3 is 2.35 bits per heavy atom. The number of benzene rings is 1. The summed E-state index contributed by atoms with van der Waals surface area (Å²) < 4.78 is 0.772. The first kappa shape index (κ1) is 20.2. The predicted molar refractivity (Wildman–Crippen MR) is 91.6 cm³/mol. The second-order valence-corrected chi connectivity index (χ2v) is 5.86.